The number of nitrogens with one attached hydrogen (secondary N) is 1. The van der Waals surface area contributed by atoms with Gasteiger partial charge in [0.15, 0.2) is 0 Å². The lowest BCUT2D eigenvalue weighted by molar-refractivity contribution is 0.188. The molecule has 2 atom stereocenters. The third kappa shape index (κ3) is 6.80. The Hall–Kier alpha value is -2.11. The highest BCUT2D eigenvalue weighted by Gasteiger charge is 2.35. The van der Waals surface area contributed by atoms with Gasteiger partial charge >= 0.3 is 0 Å². The standard InChI is InChI=1S/C28H35N3O3S.ClH/c29-19-23-5-3-4-22(16-23)17-27-26-18-25(34-15-12-30-35(32,33)20-21-6-7-21)10-8-24(26)9-11-28(27)31-13-1-2-14-31;/h3-5,8,10,16,18,21,27-28,30H,1-2,6-7,9,11-15,17,20H2;1H. The smallest absolute Gasteiger partial charge is 0.211 e. The summed E-state index contributed by atoms with van der Waals surface area (Å²) in [7, 11) is -3.21. The van der Waals surface area contributed by atoms with Gasteiger partial charge < -0.3 is 4.74 Å². The van der Waals surface area contributed by atoms with Crippen LogP contribution < -0.4 is 9.46 Å². The fraction of sp³-hybridized carbons (Fsp3) is 0.536. The molecule has 2 unspecified atom stereocenters. The number of hydrogen-bond donors (Lipinski definition) is 1. The molecule has 1 saturated carbocycles. The molecule has 0 spiro atoms. The molecule has 2 aliphatic carbocycles. The molecule has 5 rings (SSSR count). The van der Waals surface area contributed by atoms with Crippen molar-refractivity contribution in [2.24, 2.45) is 5.92 Å². The lowest BCUT2D eigenvalue weighted by Gasteiger charge is -2.39. The van der Waals surface area contributed by atoms with Gasteiger partial charge in [-0.1, -0.05) is 18.2 Å². The second-order valence-corrected chi connectivity index (χ2v) is 12.2. The molecular weight excluding hydrogens is 494 g/mol. The van der Waals surface area contributed by atoms with E-state index in [4.69, 9.17) is 4.74 Å². The molecule has 0 bridgehead atoms. The normalized spacial score (nSPS) is 21.9. The molecular formula is C28H36ClN3O3S. The molecule has 6 nitrogen and oxygen atoms in total. The number of fused-ring (bicyclic) bond motifs is 1. The highest BCUT2D eigenvalue weighted by atomic mass is 35.5. The Morgan fingerprint density at radius 2 is 1.89 bits per heavy atom. The van der Waals surface area contributed by atoms with Gasteiger partial charge in [0, 0.05) is 18.5 Å². The number of halogens is 1. The number of hydrogen-bond acceptors (Lipinski definition) is 5. The molecule has 8 heteroatoms. The number of likely N-dealkylation sites (tertiary alicyclic amines) is 1. The topological polar surface area (TPSA) is 82.4 Å². The van der Waals surface area contributed by atoms with Gasteiger partial charge in [-0.2, -0.15) is 5.26 Å². The summed E-state index contributed by atoms with van der Waals surface area (Å²) < 4.78 is 32.9. The Morgan fingerprint density at radius 3 is 2.64 bits per heavy atom. The van der Waals surface area contributed by atoms with Gasteiger partial charge in [0.1, 0.15) is 12.4 Å². The zero-order valence-corrected chi connectivity index (χ0v) is 22.3. The van der Waals surface area contributed by atoms with Crippen molar-refractivity contribution < 1.29 is 13.2 Å². The van der Waals surface area contributed by atoms with Gasteiger partial charge in [-0.05, 0) is 105 Å². The van der Waals surface area contributed by atoms with Crippen LogP contribution in [0.25, 0.3) is 0 Å². The third-order valence-electron chi connectivity index (χ3n) is 7.66. The van der Waals surface area contributed by atoms with Crippen LogP contribution in [0.2, 0.25) is 0 Å². The summed E-state index contributed by atoms with van der Waals surface area (Å²) in [5.74, 6) is 1.70. The average Bonchev–Trinajstić information content (AvgIpc) is 3.49. The first-order valence-electron chi connectivity index (χ1n) is 13.0. The van der Waals surface area contributed by atoms with Crippen LogP contribution in [0.4, 0.5) is 0 Å². The van der Waals surface area contributed by atoms with Crippen molar-refractivity contribution in [1.82, 2.24) is 9.62 Å². The monoisotopic (exact) mass is 529 g/mol. The number of nitrogens with zero attached hydrogens (tertiary/aromatic N) is 2. The maximum absolute atomic E-state index is 12.1. The predicted octanol–water partition coefficient (Wildman–Crippen LogP) is 4.43. The Kier molecular flexibility index (Phi) is 8.95. The van der Waals surface area contributed by atoms with Crippen molar-refractivity contribution in [3.8, 4) is 11.8 Å². The van der Waals surface area contributed by atoms with Crippen LogP contribution in [0.1, 0.15) is 60.3 Å². The van der Waals surface area contributed by atoms with Crippen LogP contribution in [0, 0.1) is 17.2 Å². The van der Waals surface area contributed by atoms with E-state index in [9.17, 15) is 13.7 Å². The maximum Gasteiger partial charge on any atom is 0.211 e. The highest BCUT2D eigenvalue weighted by molar-refractivity contribution is 7.89. The van der Waals surface area contributed by atoms with E-state index in [-0.39, 0.29) is 24.7 Å². The van der Waals surface area contributed by atoms with Gasteiger partial charge in [0.2, 0.25) is 10.0 Å². The third-order valence-corrected chi connectivity index (χ3v) is 9.21. The van der Waals surface area contributed by atoms with Crippen molar-refractivity contribution in [3.05, 3.63) is 64.7 Å². The van der Waals surface area contributed by atoms with Gasteiger partial charge in [-0.15, -0.1) is 12.4 Å². The molecule has 1 N–H and O–H groups in total. The number of rotatable bonds is 10. The molecule has 194 valence electrons. The zero-order valence-electron chi connectivity index (χ0n) is 20.7. The van der Waals surface area contributed by atoms with E-state index >= 15 is 0 Å². The molecule has 2 aromatic rings. The number of ether oxygens (including phenoxy) is 1. The minimum atomic E-state index is -3.21. The lowest BCUT2D eigenvalue weighted by atomic mass is 9.75. The molecule has 1 heterocycles. The quantitative estimate of drug-likeness (QED) is 0.460. The van der Waals surface area contributed by atoms with Gasteiger partial charge in [-0.25, -0.2) is 13.1 Å². The zero-order chi connectivity index (χ0) is 24.3. The maximum atomic E-state index is 12.1. The largest absolute Gasteiger partial charge is 0.492 e. The molecule has 3 aliphatic rings. The second-order valence-electron chi connectivity index (χ2n) is 10.3. The summed E-state index contributed by atoms with van der Waals surface area (Å²) in [5, 5.41) is 9.37. The van der Waals surface area contributed by atoms with Crippen molar-refractivity contribution in [1.29, 1.82) is 5.26 Å². The second kappa shape index (κ2) is 12.0. The van der Waals surface area contributed by atoms with E-state index in [0.29, 0.717) is 30.0 Å². The first kappa shape index (κ1) is 26.9. The molecule has 1 aliphatic heterocycles. The van der Waals surface area contributed by atoms with Gasteiger partial charge in [-0.3, -0.25) is 4.90 Å². The molecule has 2 aromatic carbocycles. The summed E-state index contributed by atoms with van der Waals surface area (Å²) >= 11 is 0. The van der Waals surface area contributed by atoms with E-state index in [0.717, 1.165) is 50.9 Å². The highest BCUT2D eigenvalue weighted by Crippen LogP contribution is 2.40. The summed E-state index contributed by atoms with van der Waals surface area (Å²) in [5.41, 5.74) is 4.61. The summed E-state index contributed by atoms with van der Waals surface area (Å²) in [6.45, 7) is 2.91. The molecule has 2 fully saturated rings. The van der Waals surface area contributed by atoms with E-state index < -0.39 is 10.0 Å². The van der Waals surface area contributed by atoms with E-state index in [1.807, 2.05) is 24.3 Å². The van der Waals surface area contributed by atoms with Crippen molar-refractivity contribution in [3.63, 3.8) is 0 Å². The minimum Gasteiger partial charge on any atom is -0.492 e. The number of sulfonamides is 1. The SMILES string of the molecule is Cl.N#Cc1cccc(CC2c3cc(OCCNS(=O)(=O)CC4CC4)ccc3CCC2N2CCCC2)c1. The first-order valence-corrected chi connectivity index (χ1v) is 14.6. The van der Waals surface area contributed by atoms with Gasteiger partial charge in [0.25, 0.3) is 0 Å². The lowest BCUT2D eigenvalue weighted by Crippen LogP contribution is -2.41. The van der Waals surface area contributed by atoms with E-state index in [1.54, 1.807) is 0 Å². The van der Waals surface area contributed by atoms with E-state index in [2.05, 4.69) is 33.9 Å². The Balaban J connectivity index is 0.00000304. The average molecular weight is 530 g/mol. The summed E-state index contributed by atoms with van der Waals surface area (Å²) in [6, 6.07) is 17.1. The molecule has 0 amide bonds. The molecule has 0 radical (unpaired) electrons. The van der Waals surface area contributed by atoms with Crippen LogP contribution >= 0.6 is 12.4 Å². The first-order chi connectivity index (χ1) is 17.0. The fourth-order valence-corrected chi connectivity index (χ4v) is 7.21. The molecule has 1 saturated heterocycles. The summed E-state index contributed by atoms with van der Waals surface area (Å²) in [4.78, 5) is 2.66. The van der Waals surface area contributed by atoms with Crippen LogP contribution in [0.3, 0.4) is 0 Å². The van der Waals surface area contributed by atoms with Crippen molar-refractivity contribution in [2.45, 2.75) is 56.9 Å². The minimum absolute atomic E-state index is 0. The van der Waals surface area contributed by atoms with Crippen molar-refractivity contribution in [2.75, 3.05) is 32.0 Å². The summed E-state index contributed by atoms with van der Waals surface area (Å²) in [6.07, 6.45) is 7.68. The number of aryl methyl sites for hydroxylation is 1. The predicted molar refractivity (Wildman–Crippen MR) is 144 cm³/mol. The Labute approximate surface area is 221 Å². The van der Waals surface area contributed by atoms with Crippen molar-refractivity contribution >= 4 is 22.4 Å². The van der Waals surface area contributed by atoms with Crippen LogP contribution in [-0.2, 0) is 22.9 Å². The Morgan fingerprint density at radius 1 is 1.08 bits per heavy atom. The fourth-order valence-electron chi connectivity index (χ4n) is 5.75. The van der Waals surface area contributed by atoms with Gasteiger partial charge in [0.05, 0.1) is 17.4 Å². The number of nitriles is 1. The van der Waals surface area contributed by atoms with E-state index in [1.165, 1.54) is 29.5 Å². The Bertz CT molecular complexity index is 1190. The molecule has 36 heavy (non-hydrogen) atoms. The van der Waals surface area contributed by atoms with Crippen LogP contribution in [-0.4, -0.2) is 51.4 Å². The van der Waals surface area contributed by atoms with Crippen LogP contribution in [0.5, 0.6) is 5.75 Å². The van der Waals surface area contributed by atoms with Crippen LogP contribution in [0.15, 0.2) is 42.5 Å². The number of benzene rings is 2. The molecule has 0 aromatic heterocycles.